The highest BCUT2D eigenvalue weighted by Gasteiger charge is 2.32. The number of alkyl halides is 3. The number of hydrogen-bond acceptors (Lipinski definition) is 2. The number of rotatable bonds is 3. The molecule has 0 aliphatic rings. The smallest absolute Gasteiger partial charge is 0.403 e. The van der Waals surface area contributed by atoms with E-state index < -0.39 is 24.0 Å². The average Bonchev–Trinajstić information content (AvgIpc) is 2.18. The molecule has 0 saturated heterocycles. The lowest BCUT2D eigenvalue weighted by atomic mass is 10.1. The van der Waals surface area contributed by atoms with Crippen molar-refractivity contribution in [3.8, 4) is 5.75 Å². The van der Waals surface area contributed by atoms with Crippen LogP contribution in [0.4, 0.5) is 17.6 Å². The molecular weight excluding hydrogens is 262 g/mol. The summed E-state index contributed by atoms with van der Waals surface area (Å²) in [5, 5.41) is 0. The Balaban J connectivity index is 0.00000256. The van der Waals surface area contributed by atoms with Gasteiger partial charge in [-0.25, -0.2) is 4.39 Å². The maximum atomic E-state index is 13.2. The average molecular weight is 274 g/mol. The van der Waals surface area contributed by atoms with E-state index in [0.717, 1.165) is 12.1 Å². The summed E-state index contributed by atoms with van der Waals surface area (Å²) in [4.78, 5) is 0. The Hall–Kier alpha value is -1.01. The Morgan fingerprint density at radius 3 is 2.35 bits per heavy atom. The van der Waals surface area contributed by atoms with Gasteiger partial charge in [0.2, 0.25) is 0 Å². The third-order valence-electron chi connectivity index (χ3n) is 2.05. The van der Waals surface area contributed by atoms with Crippen molar-refractivity contribution in [1.82, 2.24) is 0 Å². The van der Waals surface area contributed by atoms with Gasteiger partial charge in [0.1, 0.15) is 0 Å². The predicted octanol–water partition coefficient (Wildman–Crippen LogP) is 3.56. The first-order valence-corrected chi connectivity index (χ1v) is 4.64. The Kier molecular flexibility index (Phi) is 5.71. The Morgan fingerprint density at radius 1 is 1.35 bits per heavy atom. The first-order valence-electron chi connectivity index (χ1n) is 4.64. The van der Waals surface area contributed by atoms with Crippen LogP contribution < -0.4 is 10.5 Å². The van der Waals surface area contributed by atoms with Gasteiger partial charge in [0, 0.05) is 6.04 Å². The molecule has 0 bridgehead atoms. The summed E-state index contributed by atoms with van der Waals surface area (Å²) in [5.74, 6) is -1.92. The largest absolute Gasteiger partial charge is 0.573 e. The van der Waals surface area contributed by atoms with Crippen LogP contribution >= 0.6 is 12.4 Å². The van der Waals surface area contributed by atoms with Crippen LogP contribution in [0, 0.1) is 5.82 Å². The zero-order valence-electron chi connectivity index (χ0n) is 8.92. The molecule has 1 rings (SSSR count). The van der Waals surface area contributed by atoms with Crippen LogP contribution in [0.2, 0.25) is 0 Å². The van der Waals surface area contributed by atoms with E-state index in [1.54, 1.807) is 6.92 Å². The number of halogens is 5. The van der Waals surface area contributed by atoms with Gasteiger partial charge in [0.15, 0.2) is 11.6 Å². The number of nitrogens with two attached hydrogens (primary N) is 1. The van der Waals surface area contributed by atoms with Crippen LogP contribution in [-0.4, -0.2) is 6.36 Å². The summed E-state index contributed by atoms with van der Waals surface area (Å²) in [7, 11) is 0. The van der Waals surface area contributed by atoms with Crippen molar-refractivity contribution in [1.29, 1.82) is 0 Å². The summed E-state index contributed by atoms with van der Waals surface area (Å²) < 4.78 is 52.2. The third-order valence-corrected chi connectivity index (χ3v) is 2.05. The molecule has 0 saturated carbocycles. The molecule has 2 nitrogen and oxygen atoms in total. The van der Waals surface area contributed by atoms with Crippen LogP contribution in [0.3, 0.4) is 0 Å². The molecule has 1 aromatic carbocycles. The second-order valence-corrected chi connectivity index (χ2v) is 3.25. The minimum absolute atomic E-state index is 0. The molecule has 1 aromatic rings. The van der Waals surface area contributed by atoms with Gasteiger partial charge in [0.05, 0.1) is 0 Å². The van der Waals surface area contributed by atoms with Crippen LogP contribution in [0.25, 0.3) is 0 Å². The lowest BCUT2D eigenvalue weighted by molar-refractivity contribution is -0.275. The molecule has 2 N–H and O–H groups in total. The van der Waals surface area contributed by atoms with Crippen LogP contribution in [0.5, 0.6) is 5.75 Å². The van der Waals surface area contributed by atoms with E-state index in [1.165, 1.54) is 6.07 Å². The minimum Gasteiger partial charge on any atom is -0.403 e. The number of ether oxygens (including phenoxy) is 1. The van der Waals surface area contributed by atoms with Crippen molar-refractivity contribution in [3.05, 3.63) is 29.6 Å². The van der Waals surface area contributed by atoms with E-state index in [0.29, 0.717) is 12.0 Å². The van der Waals surface area contributed by atoms with Gasteiger partial charge in [-0.1, -0.05) is 13.0 Å². The molecule has 0 aliphatic heterocycles. The van der Waals surface area contributed by atoms with Gasteiger partial charge in [-0.15, -0.1) is 25.6 Å². The lowest BCUT2D eigenvalue weighted by Gasteiger charge is -2.13. The fourth-order valence-corrected chi connectivity index (χ4v) is 1.19. The lowest BCUT2D eigenvalue weighted by Crippen LogP contribution is -2.18. The van der Waals surface area contributed by atoms with Crippen LogP contribution in [0.1, 0.15) is 24.9 Å². The molecule has 0 fully saturated rings. The first kappa shape index (κ1) is 16.0. The summed E-state index contributed by atoms with van der Waals surface area (Å²) in [6, 6.07) is 2.80. The molecule has 98 valence electrons. The van der Waals surface area contributed by atoms with Gasteiger partial charge < -0.3 is 10.5 Å². The number of benzene rings is 1. The monoisotopic (exact) mass is 273 g/mol. The fourth-order valence-electron chi connectivity index (χ4n) is 1.19. The molecule has 0 radical (unpaired) electrons. The van der Waals surface area contributed by atoms with E-state index in [9.17, 15) is 17.6 Å². The van der Waals surface area contributed by atoms with E-state index in [-0.39, 0.29) is 12.4 Å². The quantitative estimate of drug-likeness (QED) is 0.855. The van der Waals surface area contributed by atoms with Crippen molar-refractivity contribution in [2.45, 2.75) is 25.7 Å². The standard InChI is InChI=1S/C10H11F4NO.ClH/c1-2-8(15)6-3-4-9(7(11)5-6)16-10(12,13)14;/h3-5,8H,2,15H2,1H3;1H. The summed E-state index contributed by atoms with van der Waals surface area (Å²) in [5.41, 5.74) is 6.05. The van der Waals surface area contributed by atoms with Crippen molar-refractivity contribution in [2.75, 3.05) is 0 Å². The molecular formula is C10H12ClF4NO. The normalized spacial score (nSPS) is 12.8. The highest BCUT2D eigenvalue weighted by atomic mass is 35.5. The summed E-state index contributed by atoms with van der Waals surface area (Å²) >= 11 is 0. The maximum absolute atomic E-state index is 13.2. The van der Waals surface area contributed by atoms with E-state index >= 15 is 0 Å². The second-order valence-electron chi connectivity index (χ2n) is 3.25. The van der Waals surface area contributed by atoms with Gasteiger partial charge in [0.25, 0.3) is 0 Å². The third kappa shape index (κ3) is 4.79. The van der Waals surface area contributed by atoms with Gasteiger partial charge in [-0.3, -0.25) is 0 Å². The molecule has 0 spiro atoms. The van der Waals surface area contributed by atoms with E-state index in [4.69, 9.17) is 5.73 Å². The highest BCUT2D eigenvalue weighted by Crippen LogP contribution is 2.27. The molecule has 0 aliphatic carbocycles. The molecule has 0 amide bonds. The van der Waals surface area contributed by atoms with Crippen molar-refractivity contribution in [2.24, 2.45) is 5.73 Å². The van der Waals surface area contributed by atoms with Crippen LogP contribution in [0.15, 0.2) is 18.2 Å². The summed E-state index contributed by atoms with van der Waals surface area (Å²) in [6.45, 7) is 1.79. The zero-order chi connectivity index (χ0) is 12.3. The first-order chi connectivity index (χ1) is 7.33. The minimum atomic E-state index is -4.89. The van der Waals surface area contributed by atoms with Crippen molar-refractivity contribution < 1.29 is 22.3 Å². The van der Waals surface area contributed by atoms with E-state index in [1.807, 2.05) is 0 Å². The molecule has 0 heterocycles. The summed E-state index contributed by atoms with van der Waals surface area (Å²) in [6.07, 6.45) is -4.33. The number of hydrogen-bond donors (Lipinski definition) is 1. The molecule has 7 heteroatoms. The van der Waals surface area contributed by atoms with Crippen LogP contribution in [-0.2, 0) is 0 Å². The van der Waals surface area contributed by atoms with Crippen molar-refractivity contribution >= 4 is 12.4 Å². The topological polar surface area (TPSA) is 35.2 Å². The maximum Gasteiger partial charge on any atom is 0.573 e. The van der Waals surface area contributed by atoms with Gasteiger partial charge in [-0.2, -0.15) is 0 Å². The van der Waals surface area contributed by atoms with E-state index in [2.05, 4.69) is 4.74 Å². The molecule has 17 heavy (non-hydrogen) atoms. The Bertz CT molecular complexity index is 370. The van der Waals surface area contributed by atoms with Gasteiger partial charge in [-0.05, 0) is 24.1 Å². The Morgan fingerprint density at radius 2 is 1.94 bits per heavy atom. The molecule has 1 unspecified atom stereocenters. The van der Waals surface area contributed by atoms with Crippen molar-refractivity contribution in [3.63, 3.8) is 0 Å². The fraction of sp³-hybridized carbons (Fsp3) is 0.400. The molecule has 1 atom stereocenters. The zero-order valence-corrected chi connectivity index (χ0v) is 9.74. The highest BCUT2D eigenvalue weighted by molar-refractivity contribution is 5.85. The predicted molar refractivity (Wildman–Crippen MR) is 57.6 cm³/mol. The van der Waals surface area contributed by atoms with Gasteiger partial charge >= 0.3 is 6.36 Å². The Labute approximate surface area is 102 Å². The SMILES string of the molecule is CCC(N)c1ccc(OC(F)(F)F)c(F)c1.Cl. The molecule has 0 aromatic heterocycles. The second kappa shape index (κ2) is 6.07.